The van der Waals surface area contributed by atoms with Gasteiger partial charge >= 0.3 is 5.97 Å². The van der Waals surface area contributed by atoms with Crippen LogP contribution in [0.15, 0.2) is 36.5 Å². The molecule has 6 heteroatoms. The van der Waals surface area contributed by atoms with Gasteiger partial charge in [-0.15, -0.1) is 0 Å². The van der Waals surface area contributed by atoms with E-state index in [9.17, 15) is 19.8 Å². The van der Waals surface area contributed by atoms with Crippen molar-refractivity contribution >= 4 is 11.9 Å². The molecule has 3 N–H and O–H groups in total. The fourth-order valence-corrected chi connectivity index (χ4v) is 8.89. The highest BCUT2D eigenvalue weighted by Gasteiger charge is 2.20. The van der Waals surface area contributed by atoms with Crippen LogP contribution in [0, 0.1) is 0 Å². The minimum absolute atomic E-state index is 0.0173. The second-order valence-electron chi connectivity index (χ2n) is 20.0. The number of amides is 1. The summed E-state index contributed by atoms with van der Waals surface area (Å²) in [5.41, 5.74) is 0. The summed E-state index contributed by atoms with van der Waals surface area (Å²) in [5.74, 6) is -0.0681. The summed E-state index contributed by atoms with van der Waals surface area (Å²) in [7, 11) is 0. The molecule has 2 atom stereocenters. The number of unbranched alkanes of at least 4 members (excludes halogenated alkanes) is 37. The van der Waals surface area contributed by atoms with E-state index in [2.05, 4.69) is 55.6 Å². The third-order valence-electron chi connectivity index (χ3n) is 13.4. The van der Waals surface area contributed by atoms with Crippen LogP contribution in [-0.4, -0.2) is 47.4 Å². The predicted molar refractivity (Wildman–Crippen MR) is 287 cm³/mol. The first-order chi connectivity index (χ1) is 32.5. The first-order valence-electron chi connectivity index (χ1n) is 29.2. The van der Waals surface area contributed by atoms with E-state index in [1.165, 1.54) is 205 Å². The monoisotopic (exact) mass is 928 g/mol. The quantitative estimate of drug-likeness (QED) is 0.0321. The summed E-state index contributed by atoms with van der Waals surface area (Å²) in [5, 5.41) is 23.3. The Bertz CT molecular complexity index is 1070. The molecule has 0 aromatic rings. The standard InChI is InChI=1S/C60H113NO5/c1-3-5-7-9-11-13-15-17-19-20-21-22-25-28-32-36-40-44-48-52-58(63)57(56-62)61-59(64)53-49-45-41-37-33-29-26-23-24-27-31-35-39-43-47-51-55-66-60(65)54-50-46-42-38-34-30-18-16-14-12-10-8-6-4-2/h10,12,16,18,23,26,57-58,62-63H,3-9,11,13-15,17,19-22,24-25,27-56H2,1-2H3,(H,61,64)/b12-10-,18-16-,26-23-. The van der Waals surface area contributed by atoms with Crippen molar-refractivity contribution in [3.05, 3.63) is 36.5 Å². The van der Waals surface area contributed by atoms with E-state index >= 15 is 0 Å². The summed E-state index contributed by atoms with van der Waals surface area (Å²) in [4.78, 5) is 24.5. The fourth-order valence-electron chi connectivity index (χ4n) is 8.89. The smallest absolute Gasteiger partial charge is 0.305 e. The van der Waals surface area contributed by atoms with Crippen molar-refractivity contribution in [3.8, 4) is 0 Å². The van der Waals surface area contributed by atoms with Crippen LogP contribution in [0.25, 0.3) is 0 Å². The zero-order valence-corrected chi connectivity index (χ0v) is 44.2. The average Bonchev–Trinajstić information content (AvgIpc) is 3.32. The number of rotatable bonds is 54. The Balaban J connectivity index is 3.48. The third kappa shape index (κ3) is 51.5. The molecule has 0 saturated heterocycles. The summed E-state index contributed by atoms with van der Waals surface area (Å²) in [6.07, 6.45) is 68.4. The number of hydrogen-bond acceptors (Lipinski definition) is 5. The highest BCUT2D eigenvalue weighted by atomic mass is 16.5. The van der Waals surface area contributed by atoms with Crippen molar-refractivity contribution in [3.63, 3.8) is 0 Å². The molecular formula is C60H113NO5. The highest BCUT2D eigenvalue weighted by molar-refractivity contribution is 5.76. The molecule has 0 heterocycles. The van der Waals surface area contributed by atoms with Crippen molar-refractivity contribution in [2.75, 3.05) is 13.2 Å². The maximum atomic E-state index is 12.5. The van der Waals surface area contributed by atoms with Gasteiger partial charge in [-0.3, -0.25) is 9.59 Å². The lowest BCUT2D eigenvalue weighted by molar-refractivity contribution is -0.143. The van der Waals surface area contributed by atoms with E-state index in [1.807, 2.05) is 0 Å². The van der Waals surface area contributed by atoms with Gasteiger partial charge in [-0.25, -0.2) is 0 Å². The van der Waals surface area contributed by atoms with Crippen molar-refractivity contribution in [1.82, 2.24) is 5.32 Å². The lowest BCUT2D eigenvalue weighted by Gasteiger charge is -2.22. The van der Waals surface area contributed by atoms with Crippen LogP contribution >= 0.6 is 0 Å². The molecule has 1 amide bonds. The van der Waals surface area contributed by atoms with E-state index in [0.717, 1.165) is 70.6 Å². The summed E-state index contributed by atoms with van der Waals surface area (Å²) in [6.45, 7) is 4.89. The number of aliphatic hydroxyl groups is 2. The van der Waals surface area contributed by atoms with Gasteiger partial charge in [0.1, 0.15) is 0 Å². The molecule has 0 spiro atoms. The van der Waals surface area contributed by atoms with E-state index in [4.69, 9.17) is 4.74 Å². The number of nitrogens with one attached hydrogen (secondary N) is 1. The van der Waals surface area contributed by atoms with Crippen LogP contribution < -0.4 is 5.32 Å². The second-order valence-corrected chi connectivity index (χ2v) is 20.0. The van der Waals surface area contributed by atoms with Gasteiger partial charge in [0.15, 0.2) is 0 Å². The summed E-state index contributed by atoms with van der Waals surface area (Å²) >= 11 is 0. The predicted octanol–water partition coefficient (Wildman–Crippen LogP) is 18.0. The molecule has 0 aliphatic heterocycles. The SMILES string of the molecule is CCCC/C=C\C/C=C\CCCCCCCC(=O)OCCCCCCCCC/C=C\CCCCCCCC(=O)NC(CO)C(O)CCCCCCCCCCCCCCCCCCCCC. The third-order valence-corrected chi connectivity index (χ3v) is 13.4. The largest absolute Gasteiger partial charge is 0.466 e. The Kier molecular flexibility index (Phi) is 54.1. The van der Waals surface area contributed by atoms with Gasteiger partial charge < -0.3 is 20.3 Å². The van der Waals surface area contributed by atoms with E-state index in [1.54, 1.807) is 0 Å². The van der Waals surface area contributed by atoms with Crippen molar-refractivity contribution in [2.24, 2.45) is 0 Å². The molecule has 388 valence electrons. The zero-order chi connectivity index (χ0) is 47.9. The van der Waals surface area contributed by atoms with Gasteiger partial charge in [0.2, 0.25) is 5.91 Å². The highest BCUT2D eigenvalue weighted by Crippen LogP contribution is 2.17. The molecule has 0 saturated carbocycles. The molecule has 0 radical (unpaired) electrons. The van der Waals surface area contributed by atoms with Gasteiger partial charge in [-0.05, 0) is 77.0 Å². The molecule has 0 aliphatic rings. The van der Waals surface area contributed by atoms with Gasteiger partial charge in [0.25, 0.3) is 0 Å². The van der Waals surface area contributed by atoms with Crippen molar-refractivity contribution in [2.45, 2.75) is 321 Å². The van der Waals surface area contributed by atoms with Crippen molar-refractivity contribution in [1.29, 1.82) is 0 Å². The number of esters is 1. The lowest BCUT2D eigenvalue weighted by atomic mass is 10.0. The number of carbonyl (C=O) groups is 2. The summed E-state index contributed by atoms with van der Waals surface area (Å²) in [6, 6.07) is -0.555. The van der Waals surface area contributed by atoms with Crippen LogP contribution in [0.2, 0.25) is 0 Å². The molecule has 0 aromatic carbocycles. The molecule has 0 aliphatic carbocycles. The molecular weight excluding hydrogens is 815 g/mol. The number of carbonyl (C=O) groups excluding carboxylic acids is 2. The van der Waals surface area contributed by atoms with Crippen LogP contribution in [0.5, 0.6) is 0 Å². The second kappa shape index (κ2) is 55.7. The van der Waals surface area contributed by atoms with Crippen LogP contribution in [0.3, 0.4) is 0 Å². The maximum Gasteiger partial charge on any atom is 0.305 e. The first-order valence-corrected chi connectivity index (χ1v) is 29.2. The lowest BCUT2D eigenvalue weighted by Crippen LogP contribution is -2.45. The maximum absolute atomic E-state index is 12.5. The number of ether oxygens (including phenoxy) is 1. The Morgan fingerprint density at radius 2 is 0.773 bits per heavy atom. The average molecular weight is 929 g/mol. The minimum atomic E-state index is -0.676. The number of aliphatic hydroxyl groups excluding tert-OH is 2. The van der Waals surface area contributed by atoms with Crippen LogP contribution in [0.4, 0.5) is 0 Å². The molecule has 2 unspecified atom stereocenters. The Labute approximate surface area is 411 Å². The zero-order valence-electron chi connectivity index (χ0n) is 44.2. The molecule has 0 rings (SSSR count). The molecule has 0 aromatic heterocycles. The van der Waals surface area contributed by atoms with Crippen LogP contribution in [0.1, 0.15) is 309 Å². The van der Waals surface area contributed by atoms with E-state index in [-0.39, 0.29) is 18.5 Å². The van der Waals surface area contributed by atoms with Gasteiger partial charge in [-0.2, -0.15) is 0 Å². The Morgan fingerprint density at radius 3 is 1.21 bits per heavy atom. The molecule has 0 bridgehead atoms. The van der Waals surface area contributed by atoms with Gasteiger partial charge in [-0.1, -0.05) is 256 Å². The molecule has 66 heavy (non-hydrogen) atoms. The minimum Gasteiger partial charge on any atom is -0.466 e. The van der Waals surface area contributed by atoms with E-state index < -0.39 is 12.1 Å². The number of allylic oxidation sites excluding steroid dienone is 6. The molecule has 6 nitrogen and oxygen atoms in total. The normalized spacial score (nSPS) is 12.8. The first kappa shape index (κ1) is 64.1. The van der Waals surface area contributed by atoms with E-state index in [0.29, 0.717) is 25.9 Å². The van der Waals surface area contributed by atoms with Crippen molar-refractivity contribution < 1.29 is 24.5 Å². The Morgan fingerprint density at radius 1 is 0.424 bits per heavy atom. The number of hydrogen-bond donors (Lipinski definition) is 3. The van der Waals surface area contributed by atoms with Gasteiger partial charge in [0, 0.05) is 12.8 Å². The fraction of sp³-hybridized carbons (Fsp3) is 0.867. The summed E-state index contributed by atoms with van der Waals surface area (Å²) < 4.78 is 5.46. The Hall–Kier alpha value is -1.92. The molecule has 0 fully saturated rings. The van der Waals surface area contributed by atoms with Crippen LogP contribution in [-0.2, 0) is 14.3 Å². The van der Waals surface area contributed by atoms with Gasteiger partial charge in [0.05, 0.1) is 25.4 Å². The topological polar surface area (TPSA) is 95.9 Å².